The summed E-state index contributed by atoms with van der Waals surface area (Å²) < 4.78 is 0. The van der Waals surface area contributed by atoms with E-state index in [0.717, 1.165) is 30.1 Å². The van der Waals surface area contributed by atoms with Crippen LogP contribution in [0.25, 0.3) is 0 Å². The number of allylic oxidation sites excluding steroid dienone is 2. The molecule has 2 fully saturated rings. The molecule has 0 aromatic heterocycles. The number of aliphatic hydroxyl groups is 1. The standard InChI is InChI=1S/C15H24O/c1-4-11-7-14-9-13(11)8-12(14)6-10(3)15(16)5-2/h4,6,11-16H,1,5,7-9H2,2-3H3. The molecule has 2 bridgehead atoms. The van der Waals surface area contributed by atoms with Crippen molar-refractivity contribution in [1.82, 2.24) is 0 Å². The molecular formula is C15H24O. The van der Waals surface area contributed by atoms with Crippen LogP contribution in [0.5, 0.6) is 0 Å². The lowest BCUT2D eigenvalue weighted by molar-refractivity contribution is 0.204. The van der Waals surface area contributed by atoms with E-state index in [4.69, 9.17) is 0 Å². The summed E-state index contributed by atoms with van der Waals surface area (Å²) in [6.07, 6.45) is 9.12. The van der Waals surface area contributed by atoms with Crippen LogP contribution in [-0.2, 0) is 0 Å². The molecule has 0 aromatic rings. The third-order valence-corrected chi connectivity index (χ3v) is 4.66. The van der Waals surface area contributed by atoms with Gasteiger partial charge < -0.3 is 5.11 Å². The molecule has 0 aliphatic heterocycles. The minimum Gasteiger partial charge on any atom is -0.389 e. The highest BCUT2D eigenvalue weighted by molar-refractivity contribution is 5.12. The maximum absolute atomic E-state index is 9.77. The van der Waals surface area contributed by atoms with E-state index in [1.165, 1.54) is 24.8 Å². The van der Waals surface area contributed by atoms with Crippen LogP contribution in [-0.4, -0.2) is 11.2 Å². The summed E-state index contributed by atoms with van der Waals surface area (Å²) in [4.78, 5) is 0. The highest BCUT2D eigenvalue weighted by Crippen LogP contribution is 2.52. The van der Waals surface area contributed by atoms with Gasteiger partial charge in [0.1, 0.15) is 0 Å². The van der Waals surface area contributed by atoms with Crippen LogP contribution >= 0.6 is 0 Å². The van der Waals surface area contributed by atoms with Gasteiger partial charge in [-0.1, -0.05) is 19.1 Å². The molecule has 0 saturated heterocycles. The van der Waals surface area contributed by atoms with Gasteiger partial charge in [0, 0.05) is 0 Å². The van der Waals surface area contributed by atoms with E-state index < -0.39 is 0 Å². The van der Waals surface area contributed by atoms with E-state index in [9.17, 15) is 5.11 Å². The van der Waals surface area contributed by atoms with Crippen LogP contribution in [0.3, 0.4) is 0 Å². The van der Waals surface area contributed by atoms with Crippen molar-refractivity contribution in [2.24, 2.45) is 23.7 Å². The highest BCUT2D eigenvalue weighted by Gasteiger charge is 2.43. The first-order valence-corrected chi connectivity index (χ1v) is 6.64. The summed E-state index contributed by atoms with van der Waals surface area (Å²) in [6.45, 7) is 8.05. The Labute approximate surface area is 99.3 Å². The molecule has 0 heterocycles. The van der Waals surface area contributed by atoms with Crippen LogP contribution in [0.4, 0.5) is 0 Å². The molecule has 0 aromatic carbocycles. The monoisotopic (exact) mass is 220 g/mol. The minimum absolute atomic E-state index is 0.227. The summed E-state index contributed by atoms with van der Waals surface area (Å²) >= 11 is 0. The Morgan fingerprint density at radius 1 is 1.31 bits per heavy atom. The quantitative estimate of drug-likeness (QED) is 0.718. The summed E-state index contributed by atoms with van der Waals surface area (Å²) in [6, 6.07) is 0. The predicted octanol–water partition coefficient (Wildman–Crippen LogP) is 3.55. The lowest BCUT2D eigenvalue weighted by Crippen LogP contribution is -2.16. The van der Waals surface area contributed by atoms with Crippen LogP contribution < -0.4 is 0 Å². The zero-order chi connectivity index (χ0) is 11.7. The smallest absolute Gasteiger partial charge is 0.0744 e. The van der Waals surface area contributed by atoms with E-state index >= 15 is 0 Å². The number of aliphatic hydroxyl groups excluding tert-OH is 1. The molecule has 2 rings (SSSR count). The summed E-state index contributed by atoms with van der Waals surface area (Å²) in [5, 5.41) is 9.77. The van der Waals surface area contributed by atoms with E-state index in [1.807, 2.05) is 6.92 Å². The lowest BCUT2D eigenvalue weighted by atomic mass is 9.81. The fourth-order valence-corrected chi connectivity index (χ4v) is 3.63. The maximum atomic E-state index is 9.77. The van der Waals surface area contributed by atoms with Gasteiger partial charge in [-0.3, -0.25) is 0 Å². The normalized spacial score (nSPS) is 40.1. The second-order valence-electron chi connectivity index (χ2n) is 5.63. The summed E-state index contributed by atoms with van der Waals surface area (Å²) in [7, 11) is 0. The third-order valence-electron chi connectivity index (χ3n) is 4.66. The van der Waals surface area contributed by atoms with E-state index in [1.54, 1.807) is 0 Å². The van der Waals surface area contributed by atoms with Crippen molar-refractivity contribution < 1.29 is 5.11 Å². The number of hydrogen-bond acceptors (Lipinski definition) is 1. The summed E-state index contributed by atoms with van der Waals surface area (Å²) in [5.41, 5.74) is 1.18. The Balaban J connectivity index is 1.98. The van der Waals surface area contributed by atoms with Gasteiger partial charge in [-0.15, -0.1) is 6.58 Å². The lowest BCUT2D eigenvalue weighted by Gasteiger charge is -2.25. The van der Waals surface area contributed by atoms with Crippen LogP contribution in [0, 0.1) is 23.7 Å². The van der Waals surface area contributed by atoms with Crippen molar-refractivity contribution in [2.45, 2.75) is 45.6 Å². The van der Waals surface area contributed by atoms with Gasteiger partial charge >= 0.3 is 0 Å². The average Bonchev–Trinajstić information content (AvgIpc) is 2.86. The molecule has 2 saturated carbocycles. The van der Waals surface area contributed by atoms with Crippen molar-refractivity contribution in [3.05, 3.63) is 24.3 Å². The average molecular weight is 220 g/mol. The van der Waals surface area contributed by atoms with Gasteiger partial charge in [0.2, 0.25) is 0 Å². The van der Waals surface area contributed by atoms with Crippen molar-refractivity contribution in [3.63, 3.8) is 0 Å². The number of rotatable bonds is 4. The molecular weight excluding hydrogens is 196 g/mol. The van der Waals surface area contributed by atoms with Crippen LogP contribution in [0.15, 0.2) is 24.3 Å². The van der Waals surface area contributed by atoms with E-state index in [2.05, 4.69) is 25.7 Å². The molecule has 1 nitrogen and oxygen atoms in total. The van der Waals surface area contributed by atoms with Crippen molar-refractivity contribution in [1.29, 1.82) is 0 Å². The molecule has 2 aliphatic rings. The molecule has 5 unspecified atom stereocenters. The molecule has 5 atom stereocenters. The molecule has 16 heavy (non-hydrogen) atoms. The van der Waals surface area contributed by atoms with Gasteiger partial charge in [0.15, 0.2) is 0 Å². The van der Waals surface area contributed by atoms with Gasteiger partial charge in [-0.25, -0.2) is 0 Å². The number of hydrogen-bond donors (Lipinski definition) is 1. The molecule has 90 valence electrons. The zero-order valence-corrected chi connectivity index (χ0v) is 10.5. The first-order chi connectivity index (χ1) is 7.65. The Kier molecular flexibility index (Phi) is 3.53. The first kappa shape index (κ1) is 11.9. The van der Waals surface area contributed by atoms with Gasteiger partial charge in [0.25, 0.3) is 0 Å². The minimum atomic E-state index is -0.227. The Morgan fingerprint density at radius 3 is 2.44 bits per heavy atom. The van der Waals surface area contributed by atoms with Crippen molar-refractivity contribution >= 4 is 0 Å². The Bertz CT molecular complexity index is 292. The largest absolute Gasteiger partial charge is 0.389 e. The molecule has 0 spiro atoms. The SMILES string of the molecule is C=CC1CC2CC1CC2C=C(C)C(O)CC. The fourth-order valence-electron chi connectivity index (χ4n) is 3.63. The fraction of sp³-hybridized carbons (Fsp3) is 0.733. The second-order valence-corrected chi connectivity index (χ2v) is 5.63. The van der Waals surface area contributed by atoms with Gasteiger partial charge in [-0.2, -0.15) is 0 Å². The molecule has 2 aliphatic carbocycles. The highest BCUT2D eigenvalue weighted by atomic mass is 16.3. The molecule has 0 amide bonds. The molecule has 0 radical (unpaired) electrons. The number of fused-ring (bicyclic) bond motifs is 2. The Hall–Kier alpha value is -0.560. The van der Waals surface area contributed by atoms with Crippen molar-refractivity contribution in [2.75, 3.05) is 0 Å². The molecule has 1 heteroatoms. The van der Waals surface area contributed by atoms with Crippen molar-refractivity contribution in [3.8, 4) is 0 Å². The Morgan fingerprint density at radius 2 is 1.94 bits per heavy atom. The summed E-state index contributed by atoms with van der Waals surface area (Å²) in [5.74, 6) is 3.22. The van der Waals surface area contributed by atoms with E-state index in [0.29, 0.717) is 0 Å². The zero-order valence-electron chi connectivity index (χ0n) is 10.5. The third kappa shape index (κ3) is 2.10. The van der Waals surface area contributed by atoms with Crippen LogP contribution in [0.1, 0.15) is 39.5 Å². The molecule has 1 N–H and O–H groups in total. The topological polar surface area (TPSA) is 20.2 Å². The first-order valence-electron chi connectivity index (χ1n) is 6.64. The predicted molar refractivity (Wildman–Crippen MR) is 68.1 cm³/mol. The van der Waals surface area contributed by atoms with E-state index in [-0.39, 0.29) is 6.10 Å². The second kappa shape index (κ2) is 4.75. The van der Waals surface area contributed by atoms with Gasteiger partial charge in [-0.05, 0) is 61.9 Å². The van der Waals surface area contributed by atoms with Crippen LogP contribution in [0.2, 0.25) is 0 Å². The maximum Gasteiger partial charge on any atom is 0.0744 e. The van der Waals surface area contributed by atoms with Gasteiger partial charge in [0.05, 0.1) is 6.10 Å².